The molecule has 7 nitrogen and oxygen atoms in total. The third-order valence-corrected chi connectivity index (χ3v) is 6.66. The minimum atomic E-state index is -3.80. The molecule has 0 saturated carbocycles. The molecule has 0 aliphatic heterocycles. The second kappa shape index (κ2) is 9.73. The Balaban J connectivity index is 1.52. The Bertz CT molecular complexity index is 1120. The van der Waals surface area contributed by atoms with Gasteiger partial charge in [-0.05, 0) is 67.4 Å². The standard InChI is InChI=1S/C21H22N4O3S2/c1-15-4-7-18(14-16(15)2)29-13-10-20(26)24-17-5-8-19(9-6-17)30(27,28)25-21-22-11-3-12-23-21/h3-9,11-12,14H,10,13H2,1-2H3,(H,24,26)(H,22,23,25). The van der Waals surface area contributed by atoms with Crippen molar-refractivity contribution in [3.63, 3.8) is 0 Å². The lowest BCUT2D eigenvalue weighted by Gasteiger charge is -2.09. The van der Waals surface area contributed by atoms with Gasteiger partial charge >= 0.3 is 0 Å². The zero-order valence-electron chi connectivity index (χ0n) is 16.6. The maximum absolute atomic E-state index is 12.4. The van der Waals surface area contributed by atoms with Crippen LogP contribution < -0.4 is 10.0 Å². The number of nitrogens with one attached hydrogen (secondary N) is 2. The smallest absolute Gasteiger partial charge is 0.264 e. The SMILES string of the molecule is Cc1ccc(SCCC(=O)Nc2ccc(S(=O)(=O)Nc3ncccn3)cc2)cc1C. The molecule has 0 fully saturated rings. The van der Waals surface area contributed by atoms with E-state index in [0.29, 0.717) is 17.9 Å². The van der Waals surface area contributed by atoms with Crippen molar-refractivity contribution in [1.82, 2.24) is 9.97 Å². The van der Waals surface area contributed by atoms with Crippen LogP contribution >= 0.6 is 11.8 Å². The van der Waals surface area contributed by atoms with E-state index in [2.05, 4.69) is 52.1 Å². The Morgan fingerprint density at radius 3 is 2.37 bits per heavy atom. The Morgan fingerprint density at radius 2 is 1.70 bits per heavy atom. The van der Waals surface area contributed by atoms with E-state index in [9.17, 15) is 13.2 Å². The van der Waals surface area contributed by atoms with Crippen LogP contribution in [0.25, 0.3) is 0 Å². The van der Waals surface area contributed by atoms with Crippen LogP contribution in [0.3, 0.4) is 0 Å². The van der Waals surface area contributed by atoms with Gasteiger partial charge in [0.15, 0.2) is 0 Å². The topological polar surface area (TPSA) is 101 Å². The van der Waals surface area contributed by atoms with Gasteiger partial charge in [0.25, 0.3) is 10.0 Å². The molecule has 156 valence electrons. The summed E-state index contributed by atoms with van der Waals surface area (Å²) in [5.74, 6) is 0.524. The van der Waals surface area contributed by atoms with Crippen LogP contribution in [0.2, 0.25) is 0 Å². The summed E-state index contributed by atoms with van der Waals surface area (Å²) in [6, 6.07) is 13.8. The zero-order valence-corrected chi connectivity index (χ0v) is 18.3. The Labute approximate surface area is 180 Å². The molecule has 0 radical (unpaired) electrons. The van der Waals surface area contributed by atoms with E-state index in [-0.39, 0.29) is 16.8 Å². The number of thioether (sulfide) groups is 1. The average Bonchev–Trinajstić information content (AvgIpc) is 2.71. The normalized spacial score (nSPS) is 11.1. The first kappa shape index (κ1) is 21.8. The van der Waals surface area contributed by atoms with Gasteiger partial charge in [0.2, 0.25) is 11.9 Å². The number of sulfonamides is 1. The lowest BCUT2D eigenvalue weighted by atomic mass is 10.1. The van der Waals surface area contributed by atoms with E-state index in [4.69, 9.17) is 0 Å². The predicted octanol–water partition coefficient (Wildman–Crippen LogP) is 4.02. The molecule has 30 heavy (non-hydrogen) atoms. The summed E-state index contributed by atoms with van der Waals surface area (Å²) in [7, 11) is -3.80. The van der Waals surface area contributed by atoms with Crippen LogP contribution in [-0.4, -0.2) is 30.0 Å². The maximum Gasteiger partial charge on any atom is 0.264 e. The van der Waals surface area contributed by atoms with E-state index in [1.165, 1.54) is 35.7 Å². The van der Waals surface area contributed by atoms with Gasteiger partial charge in [-0.15, -0.1) is 11.8 Å². The second-order valence-electron chi connectivity index (χ2n) is 6.59. The van der Waals surface area contributed by atoms with E-state index >= 15 is 0 Å². The Morgan fingerprint density at radius 1 is 1.00 bits per heavy atom. The lowest BCUT2D eigenvalue weighted by molar-refractivity contribution is -0.115. The molecule has 3 aromatic rings. The molecule has 0 aliphatic carbocycles. The summed E-state index contributed by atoms with van der Waals surface area (Å²) in [5.41, 5.74) is 3.01. The van der Waals surface area contributed by atoms with Crippen LogP contribution in [0, 0.1) is 13.8 Å². The molecule has 0 unspecified atom stereocenters. The molecule has 0 atom stereocenters. The summed E-state index contributed by atoms with van der Waals surface area (Å²) < 4.78 is 27.1. The first-order chi connectivity index (χ1) is 14.3. The van der Waals surface area contributed by atoms with Crippen molar-refractivity contribution in [3.8, 4) is 0 Å². The number of aromatic nitrogens is 2. The number of benzene rings is 2. The highest BCUT2D eigenvalue weighted by Crippen LogP contribution is 2.22. The van der Waals surface area contributed by atoms with Crippen molar-refractivity contribution in [3.05, 3.63) is 72.1 Å². The summed E-state index contributed by atoms with van der Waals surface area (Å²) in [5, 5.41) is 2.78. The molecule has 1 amide bonds. The van der Waals surface area contributed by atoms with Crippen molar-refractivity contribution in [2.75, 3.05) is 15.8 Å². The zero-order chi connectivity index (χ0) is 21.6. The molecular formula is C21H22N4O3S2. The molecule has 1 aromatic heterocycles. The monoisotopic (exact) mass is 442 g/mol. The van der Waals surface area contributed by atoms with Crippen LogP contribution in [0.15, 0.2) is 70.7 Å². The number of amides is 1. The van der Waals surface area contributed by atoms with Crippen LogP contribution in [-0.2, 0) is 14.8 Å². The summed E-state index contributed by atoms with van der Waals surface area (Å²) in [6.45, 7) is 4.14. The Hall–Kier alpha value is -2.91. The number of anilines is 2. The predicted molar refractivity (Wildman–Crippen MR) is 119 cm³/mol. The van der Waals surface area contributed by atoms with Crippen molar-refractivity contribution in [2.24, 2.45) is 0 Å². The highest BCUT2D eigenvalue weighted by atomic mass is 32.2. The molecule has 3 rings (SSSR count). The lowest BCUT2D eigenvalue weighted by Crippen LogP contribution is -2.15. The van der Waals surface area contributed by atoms with Crippen LogP contribution in [0.5, 0.6) is 0 Å². The van der Waals surface area contributed by atoms with Crippen molar-refractivity contribution < 1.29 is 13.2 Å². The highest BCUT2D eigenvalue weighted by Gasteiger charge is 2.15. The highest BCUT2D eigenvalue weighted by molar-refractivity contribution is 7.99. The molecule has 2 aromatic carbocycles. The summed E-state index contributed by atoms with van der Waals surface area (Å²) >= 11 is 1.63. The molecule has 0 saturated heterocycles. The van der Waals surface area contributed by atoms with E-state index in [1.807, 2.05) is 0 Å². The molecular weight excluding hydrogens is 420 g/mol. The third kappa shape index (κ3) is 6.04. The van der Waals surface area contributed by atoms with Crippen molar-refractivity contribution in [1.29, 1.82) is 0 Å². The van der Waals surface area contributed by atoms with Crippen molar-refractivity contribution in [2.45, 2.75) is 30.1 Å². The van der Waals surface area contributed by atoms with Gasteiger partial charge in [-0.2, -0.15) is 0 Å². The number of nitrogens with zero attached hydrogens (tertiary/aromatic N) is 2. The minimum Gasteiger partial charge on any atom is -0.326 e. The van der Waals surface area contributed by atoms with Gasteiger partial charge in [-0.25, -0.2) is 23.1 Å². The molecule has 0 bridgehead atoms. The fourth-order valence-electron chi connectivity index (χ4n) is 2.54. The van der Waals surface area contributed by atoms with Gasteiger partial charge in [0.05, 0.1) is 4.90 Å². The number of carbonyl (C=O) groups excluding carboxylic acids is 1. The van der Waals surface area contributed by atoms with Gasteiger partial charge in [-0.1, -0.05) is 6.07 Å². The molecule has 1 heterocycles. The van der Waals surface area contributed by atoms with E-state index in [1.54, 1.807) is 30.0 Å². The largest absolute Gasteiger partial charge is 0.326 e. The van der Waals surface area contributed by atoms with Gasteiger partial charge < -0.3 is 5.32 Å². The minimum absolute atomic E-state index is 0.00357. The number of aryl methyl sites for hydroxylation is 2. The fourth-order valence-corrected chi connectivity index (χ4v) is 4.44. The first-order valence-electron chi connectivity index (χ1n) is 9.23. The number of hydrogen-bond acceptors (Lipinski definition) is 6. The van der Waals surface area contributed by atoms with Crippen molar-refractivity contribution >= 4 is 39.3 Å². The molecule has 2 N–H and O–H groups in total. The first-order valence-corrected chi connectivity index (χ1v) is 11.7. The quantitative estimate of drug-likeness (QED) is 0.511. The third-order valence-electron chi connectivity index (χ3n) is 4.32. The second-order valence-corrected chi connectivity index (χ2v) is 9.45. The number of hydrogen-bond donors (Lipinski definition) is 2. The molecule has 0 spiro atoms. The number of carbonyl (C=O) groups is 1. The maximum atomic E-state index is 12.4. The molecule has 9 heteroatoms. The van der Waals surface area contributed by atoms with E-state index < -0.39 is 10.0 Å². The fraction of sp³-hybridized carbons (Fsp3) is 0.190. The van der Waals surface area contributed by atoms with Gasteiger partial charge in [0, 0.05) is 35.2 Å². The Kier molecular flexibility index (Phi) is 7.07. The molecule has 0 aliphatic rings. The van der Waals surface area contributed by atoms with E-state index in [0.717, 1.165) is 4.90 Å². The van der Waals surface area contributed by atoms with Gasteiger partial charge in [0.1, 0.15) is 0 Å². The number of rotatable bonds is 8. The van der Waals surface area contributed by atoms with Crippen LogP contribution in [0.4, 0.5) is 11.6 Å². The summed E-state index contributed by atoms with van der Waals surface area (Å²) in [4.78, 5) is 21.1. The van der Waals surface area contributed by atoms with Gasteiger partial charge in [-0.3, -0.25) is 4.79 Å². The average molecular weight is 443 g/mol. The summed E-state index contributed by atoms with van der Waals surface area (Å²) in [6.07, 6.45) is 3.24. The van der Waals surface area contributed by atoms with Crippen LogP contribution in [0.1, 0.15) is 17.5 Å².